The molecule has 0 aromatic heterocycles. The van der Waals surface area contributed by atoms with Gasteiger partial charge in [0.05, 0.1) is 0 Å². The minimum atomic E-state index is 0.0543. The number of nitrogens with zero attached hydrogens (tertiary/aromatic N) is 1. The minimum Gasteiger partial charge on any atom is -0.334 e. The van der Waals surface area contributed by atoms with E-state index in [2.05, 4.69) is 17.6 Å². The van der Waals surface area contributed by atoms with Gasteiger partial charge in [0.15, 0.2) is 0 Å². The molecule has 1 aliphatic carbocycles. The number of nitrogens with one attached hydrogen (secondary N) is 2. The number of hydrogen-bond donors (Lipinski definition) is 2. The molecule has 3 atom stereocenters. The molecular weight excluding hydrogens is 290 g/mol. The van der Waals surface area contributed by atoms with Crippen LogP contribution in [-0.2, 0) is 4.79 Å². The summed E-state index contributed by atoms with van der Waals surface area (Å²) in [5.74, 6) is 0.731. The minimum absolute atomic E-state index is 0.0543. The fourth-order valence-electron chi connectivity index (χ4n) is 3.37. The second-order valence-electron chi connectivity index (χ2n) is 6.74. The van der Waals surface area contributed by atoms with Crippen LogP contribution in [0.3, 0.4) is 0 Å². The highest BCUT2D eigenvalue weighted by Crippen LogP contribution is 2.38. The molecule has 1 aromatic carbocycles. The molecule has 2 amide bonds. The average Bonchev–Trinajstić information content (AvgIpc) is 3.10. The normalized spacial score (nSPS) is 26.2. The second-order valence-corrected chi connectivity index (χ2v) is 6.74. The number of likely N-dealkylation sites (N-methyl/N-ethyl adjacent to an activating group) is 1. The number of rotatable bonds is 5. The number of carbonyl (C=O) groups is 2. The van der Waals surface area contributed by atoms with Crippen LogP contribution in [0.25, 0.3) is 0 Å². The Labute approximate surface area is 137 Å². The Bertz CT molecular complexity index is 602. The number of benzene rings is 1. The van der Waals surface area contributed by atoms with Gasteiger partial charge < -0.3 is 15.5 Å². The molecule has 0 bridgehead atoms. The molecule has 3 rings (SSSR count). The Morgan fingerprint density at radius 1 is 1.35 bits per heavy atom. The largest absolute Gasteiger partial charge is 0.334 e. The molecule has 1 heterocycles. The second kappa shape index (κ2) is 6.71. The van der Waals surface area contributed by atoms with E-state index in [0.29, 0.717) is 17.2 Å². The van der Waals surface area contributed by atoms with E-state index in [4.69, 9.17) is 0 Å². The average molecular weight is 315 g/mol. The number of anilines is 1. The summed E-state index contributed by atoms with van der Waals surface area (Å²) in [7, 11) is 1.91. The van der Waals surface area contributed by atoms with E-state index in [1.54, 1.807) is 6.07 Å². The van der Waals surface area contributed by atoms with Gasteiger partial charge in [-0.25, -0.2) is 0 Å². The predicted octanol–water partition coefficient (Wildman–Crippen LogP) is 2.11. The van der Waals surface area contributed by atoms with Gasteiger partial charge in [-0.05, 0) is 50.4 Å². The fraction of sp³-hybridized carbons (Fsp3) is 0.556. The van der Waals surface area contributed by atoms with Gasteiger partial charge in [0.25, 0.3) is 5.91 Å². The van der Waals surface area contributed by atoms with Gasteiger partial charge in [0.1, 0.15) is 0 Å². The molecular formula is C18H25N3O2. The number of carbonyl (C=O) groups excluding carboxylic acids is 2. The molecule has 1 saturated carbocycles. The van der Waals surface area contributed by atoms with Crippen molar-refractivity contribution in [2.45, 2.75) is 32.2 Å². The van der Waals surface area contributed by atoms with Gasteiger partial charge >= 0.3 is 0 Å². The summed E-state index contributed by atoms with van der Waals surface area (Å²) in [6.07, 6.45) is 3.06. The van der Waals surface area contributed by atoms with Crippen LogP contribution in [0.1, 0.15) is 36.5 Å². The third-order valence-electron chi connectivity index (χ3n) is 4.90. The molecule has 2 aliphatic rings. The summed E-state index contributed by atoms with van der Waals surface area (Å²) in [5.41, 5.74) is 1.36. The topological polar surface area (TPSA) is 61.4 Å². The van der Waals surface area contributed by atoms with Crippen LogP contribution in [0.5, 0.6) is 0 Å². The molecule has 1 aliphatic heterocycles. The first-order valence-corrected chi connectivity index (χ1v) is 8.46. The SMILES string of the molecule is CNCC1CCCN1C(=O)c1cccc(NC(=O)C2CC2C)c1. The van der Waals surface area contributed by atoms with Crippen molar-refractivity contribution in [3.63, 3.8) is 0 Å². The molecule has 23 heavy (non-hydrogen) atoms. The highest BCUT2D eigenvalue weighted by atomic mass is 16.2. The van der Waals surface area contributed by atoms with E-state index in [1.807, 2.05) is 30.1 Å². The number of amides is 2. The lowest BCUT2D eigenvalue weighted by molar-refractivity contribution is -0.117. The van der Waals surface area contributed by atoms with E-state index in [1.165, 1.54) is 0 Å². The molecule has 1 saturated heterocycles. The van der Waals surface area contributed by atoms with E-state index in [0.717, 1.165) is 32.4 Å². The van der Waals surface area contributed by atoms with Crippen LogP contribution in [0, 0.1) is 11.8 Å². The van der Waals surface area contributed by atoms with E-state index in [9.17, 15) is 9.59 Å². The van der Waals surface area contributed by atoms with Crippen LogP contribution >= 0.6 is 0 Å². The summed E-state index contributed by atoms with van der Waals surface area (Å²) >= 11 is 0. The lowest BCUT2D eigenvalue weighted by Gasteiger charge is -2.24. The Morgan fingerprint density at radius 2 is 2.13 bits per heavy atom. The first-order valence-electron chi connectivity index (χ1n) is 8.46. The Balaban J connectivity index is 1.69. The Morgan fingerprint density at radius 3 is 2.83 bits per heavy atom. The van der Waals surface area contributed by atoms with E-state index >= 15 is 0 Å². The van der Waals surface area contributed by atoms with Crippen molar-refractivity contribution in [3.8, 4) is 0 Å². The van der Waals surface area contributed by atoms with Crippen molar-refractivity contribution in [1.29, 1.82) is 0 Å². The smallest absolute Gasteiger partial charge is 0.254 e. The molecule has 0 spiro atoms. The molecule has 124 valence electrons. The molecule has 2 fully saturated rings. The van der Waals surface area contributed by atoms with E-state index < -0.39 is 0 Å². The standard InChI is InChI=1S/C18H25N3O2/c1-12-9-16(12)17(22)20-14-6-3-5-13(10-14)18(23)21-8-4-7-15(21)11-19-2/h3,5-6,10,12,15-16,19H,4,7-9,11H2,1-2H3,(H,20,22). The Kier molecular flexibility index (Phi) is 4.66. The zero-order valence-electron chi connectivity index (χ0n) is 13.8. The van der Waals surface area contributed by atoms with Crippen molar-refractivity contribution >= 4 is 17.5 Å². The molecule has 2 N–H and O–H groups in total. The molecule has 0 radical (unpaired) electrons. The van der Waals surface area contributed by atoms with Crippen LogP contribution < -0.4 is 10.6 Å². The van der Waals surface area contributed by atoms with Gasteiger partial charge in [-0.15, -0.1) is 0 Å². The summed E-state index contributed by atoms with van der Waals surface area (Å²) in [6.45, 7) is 3.71. The first-order chi connectivity index (χ1) is 11.1. The third kappa shape index (κ3) is 3.55. The maximum Gasteiger partial charge on any atom is 0.254 e. The number of likely N-dealkylation sites (tertiary alicyclic amines) is 1. The maximum atomic E-state index is 12.8. The molecule has 1 aromatic rings. The van der Waals surface area contributed by atoms with Crippen LogP contribution in [-0.4, -0.2) is 42.9 Å². The lowest BCUT2D eigenvalue weighted by Crippen LogP contribution is -2.40. The van der Waals surface area contributed by atoms with Gasteiger partial charge in [-0.1, -0.05) is 13.0 Å². The highest BCUT2D eigenvalue weighted by molar-refractivity contribution is 5.98. The van der Waals surface area contributed by atoms with Gasteiger partial charge in [-0.3, -0.25) is 9.59 Å². The molecule has 5 nitrogen and oxygen atoms in total. The van der Waals surface area contributed by atoms with Gasteiger partial charge in [0, 0.05) is 36.3 Å². The molecule has 3 unspecified atom stereocenters. The molecule has 5 heteroatoms. The van der Waals surface area contributed by atoms with Crippen LogP contribution in [0.15, 0.2) is 24.3 Å². The van der Waals surface area contributed by atoms with Crippen LogP contribution in [0.2, 0.25) is 0 Å². The van der Waals surface area contributed by atoms with Crippen molar-refractivity contribution in [3.05, 3.63) is 29.8 Å². The van der Waals surface area contributed by atoms with Gasteiger partial charge in [-0.2, -0.15) is 0 Å². The number of hydrogen-bond acceptors (Lipinski definition) is 3. The zero-order chi connectivity index (χ0) is 16.4. The summed E-state index contributed by atoms with van der Waals surface area (Å²) in [6, 6.07) is 7.56. The van der Waals surface area contributed by atoms with Crippen molar-refractivity contribution in [1.82, 2.24) is 10.2 Å². The first kappa shape index (κ1) is 16.0. The van der Waals surface area contributed by atoms with Crippen LogP contribution in [0.4, 0.5) is 5.69 Å². The Hall–Kier alpha value is -1.88. The third-order valence-corrected chi connectivity index (χ3v) is 4.90. The quantitative estimate of drug-likeness (QED) is 0.875. The monoisotopic (exact) mass is 315 g/mol. The highest BCUT2D eigenvalue weighted by Gasteiger charge is 2.39. The summed E-state index contributed by atoms with van der Waals surface area (Å²) < 4.78 is 0. The van der Waals surface area contributed by atoms with Crippen molar-refractivity contribution in [2.75, 3.05) is 25.5 Å². The summed E-state index contributed by atoms with van der Waals surface area (Å²) in [4.78, 5) is 26.7. The van der Waals surface area contributed by atoms with Crippen molar-refractivity contribution in [2.24, 2.45) is 11.8 Å². The van der Waals surface area contributed by atoms with E-state index in [-0.39, 0.29) is 23.8 Å². The van der Waals surface area contributed by atoms with Crippen molar-refractivity contribution < 1.29 is 9.59 Å². The fourth-order valence-corrected chi connectivity index (χ4v) is 3.37. The van der Waals surface area contributed by atoms with Gasteiger partial charge in [0.2, 0.25) is 5.91 Å². The summed E-state index contributed by atoms with van der Waals surface area (Å²) in [5, 5.41) is 6.09. The lowest BCUT2D eigenvalue weighted by atomic mass is 10.1. The zero-order valence-corrected chi connectivity index (χ0v) is 13.8. The maximum absolute atomic E-state index is 12.8. The predicted molar refractivity (Wildman–Crippen MR) is 90.3 cm³/mol.